The molecule has 0 aliphatic rings. The molecule has 1 aromatic carbocycles. The summed E-state index contributed by atoms with van der Waals surface area (Å²) in [4.78, 5) is 15.0. The summed E-state index contributed by atoms with van der Waals surface area (Å²) in [5.74, 6) is -0.229. The van der Waals surface area contributed by atoms with Crippen LogP contribution in [0.5, 0.6) is 0 Å². The molecule has 0 fully saturated rings. The molecule has 7 heteroatoms. The van der Waals surface area contributed by atoms with Gasteiger partial charge in [0.1, 0.15) is 0 Å². The van der Waals surface area contributed by atoms with Crippen LogP contribution in [-0.4, -0.2) is 30.8 Å². The molecule has 2 atom stereocenters. The number of carbonyl (C=O) groups excluding carboxylic acids is 1. The molecule has 0 saturated carbocycles. The molecule has 24 heavy (non-hydrogen) atoms. The molecule has 0 bridgehead atoms. The molecular weight excluding hydrogens is 421 g/mol. The second kappa shape index (κ2) is 10.5. The lowest BCUT2D eigenvalue weighted by Gasteiger charge is -2.27. The predicted molar refractivity (Wildman–Crippen MR) is 102 cm³/mol. The lowest BCUT2D eigenvalue weighted by Crippen LogP contribution is -2.34. The van der Waals surface area contributed by atoms with Crippen molar-refractivity contribution in [3.8, 4) is 0 Å². The summed E-state index contributed by atoms with van der Waals surface area (Å²) in [5.41, 5.74) is 8.52. The van der Waals surface area contributed by atoms with E-state index in [2.05, 4.69) is 32.6 Å². The van der Waals surface area contributed by atoms with Crippen molar-refractivity contribution in [1.82, 2.24) is 0 Å². The molecule has 0 aliphatic carbocycles. The topological polar surface area (TPSA) is 95.3 Å². The maximum Gasteiger partial charge on any atom is 0.315 e. The molecule has 1 rings (SSSR count). The molecule has 0 radical (unpaired) electrons. The van der Waals surface area contributed by atoms with E-state index in [1.807, 2.05) is 31.2 Å². The Morgan fingerprint density at radius 1 is 1.46 bits per heavy atom. The average molecular weight is 445 g/mol. The molecular formula is C17H24IN3O3. The average Bonchev–Trinajstić information content (AvgIpc) is 2.58. The number of benzene rings is 1. The SMILES string of the molecule is COC(=O)C(C)(CCCCCC(O)CN=[N+]=[N-])c1cccc(I)c1. The summed E-state index contributed by atoms with van der Waals surface area (Å²) >= 11 is 2.24. The number of azide groups is 1. The summed E-state index contributed by atoms with van der Waals surface area (Å²) < 4.78 is 6.11. The highest BCUT2D eigenvalue weighted by molar-refractivity contribution is 14.1. The molecule has 6 nitrogen and oxygen atoms in total. The number of halogens is 1. The number of carbonyl (C=O) groups is 1. The van der Waals surface area contributed by atoms with Crippen molar-refractivity contribution < 1.29 is 14.6 Å². The summed E-state index contributed by atoms with van der Waals surface area (Å²) in [7, 11) is 1.42. The van der Waals surface area contributed by atoms with Gasteiger partial charge in [0.15, 0.2) is 0 Å². The minimum Gasteiger partial charge on any atom is -0.468 e. The molecule has 0 spiro atoms. The van der Waals surface area contributed by atoms with E-state index in [1.165, 1.54) is 7.11 Å². The Morgan fingerprint density at radius 2 is 2.21 bits per heavy atom. The molecule has 132 valence electrons. The van der Waals surface area contributed by atoms with Gasteiger partial charge < -0.3 is 9.84 Å². The van der Waals surface area contributed by atoms with E-state index in [0.717, 1.165) is 28.4 Å². The largest absolute Gasteiger partial charge is 0.468 e. The van der Waals surface area contributed by atoms with Crippen molar-refractivity contribution in [2.45, 2.75) is 50.5 Å². The van der Waals surface area contributed by atoms with Gasteiger partial charge in [0, 0.05) is 8.48 Å². The van der Waals surface area contributed by atoms with E-state index < -0.39 is 11.5 Å². The minimum absolute atomic E-state index is 0.110. The van der Waals surface area contributed by atoms with Crippen molar-refractivity contribution in [1.29, 1.82) is 0 Å². The van der Waals surface area contributed by atoms with Gasteiger partial charge in [-0.25, -0.2) is 0 Å². The Kier molecular flexibility index (Phi) is 9.10. The number of hydrogen-bond donors (Lipinski definition) is 1. The summed E-state index contributed by atoms with van der Waals surface area (Å²) in [5, 5.41) is 13.0. The normalized spacial score (nSPS) is 14.3. The molecule has 2 unspecified atom stereocenters. The highest BCUT2D eigenvalue weighted by Crippen LogP contribution is 2.32. The number of nitrogens with zero attached hydrogens (tertiary/aromatic N) is 3. The van der Waals surface area contributed by atoms with Crippen LogP contribution in [0.1, 0.15) is 44.6 Å². The fraction of sp³-hybridized carbons (Fsp3) is 0.588. The van der Waals surface area contributed by atoms with Crippen molar-refractivity contribution in [3.63, 3.8) is 0 Å². The van der Waals surface area contributed by atoms with Crippen LogP contribution < -0.4 is 0 Å². The maximum atomic E-state index is 12.3. The summed E-state index contributed by atoms with van der Waals surface area (Å²) in [6.07, 6.45) is 3.26. The van der Waals surface area contributed by atoms with Crippen LogP contribution in [-0.2, 0) is 14.9 Å². The van der Waals surface area contributed by atoms with Gasteiger partial charge in [-0.1, -0.05) is 36.5 Å². The predicted octanol–water partition coefficient (Wildman–Crippen LogP) is 4.34. The van der Waals surface area contributed by atoms with E-state index >= 15 is 0 Å². The zero-order valence-electron chi connectivity index (χ0n) is 14.1. The van der Waals surface area contributed by atoms with E-state index in [1.54, 1.807) is 0 Å². The van der Waals surface area contributed by atoms with Gasteiger partial charge in [-0.3, -0.25) is 4.79 Å². The number of hydrogen-bond acceptors (Lipinski definition) is 4. The first kappa shape index (κ1) is 20.7. The third-order valence-corrected chi connectivity index (χ3v) is 4.84. The van der Waals surface area contributed by atoms with Crippen molar-refractivity contribution in [2.24, 2.45) is 5.11 Å². The molecule has 0 saturated heterocycles. The van der Waals surface area contributed by atoms with Crippen LogP contribution in [0.15, 0.2) is 29.4 Å². The number of esters is 1. The van der Waals surface area contributed by atoms with Gasteiger partial charge in [-0.15, -0.1) is 0 Å². The zero-order chi connectivity index (χ0) is 18.0. The van der Waals surface area contributed by atoms with Crippen LogP contribution in [0.4, 0.5) is 0 Å². The van der Waals surface area contributed by atoms with Crippen molar-refractivity contribution >= 4 is 28.6 Å². The number of unbranched alkanes of at least 4 members (excludes halogenated alkanes) is 2. The monoisotopic (exact) mass is 445 g/mol. The second-order valence-corrected chi connectivity index (χ2v) is 7.25. The van der Waals surface area contributed by atoms with E-state index in [4.69, 9.17) is 10.3 Å². The fourth-order valence-corrected chi connectivity index (χ4v) is 3.22. The van der Waals surface area contributed by atoms with Crippen LogP contribution >= 0.6 is 22.6 Å². The molecule has 0 aliphatic heterocycles. The Labute approximate surface area is 156 Å². The third-order valence-electron chi connectivity index (χ3n) is 4.17. The van der Waals surface area contributed by atoms with Crippen LogP contribution in [0.25, 0.3) is 10.4 Å². The Bertz CT molecular complexity index is 590. The Morgan fingerprint density at radius 3 is 2.83 bits per heavy atom. The Balaban J connectivity index is 2.59. The Hall–Kier alpha value is -1.31. The maximum absolute atomic E-state index is 12.3. The standard InChI is InChI=1S/C17H24IN3O3/c1-17(16(23)24-2,13-7-6-8-14(18)11-13)10-5-3-4-9-15(22)12-20-21-19/h6-8,11,15,22H,3-5,9-10,12H2,1-2H3. The number of ether oxygens (including phenoxy) is 1. The number of methoxy groups -OCH3 is 1. The van der Waals surface area contributed by atoms with E-state index in [0.29, 0.717) is 12.8 Å². The first-order valence-electron chi connectivity index (χ1n) is 7.97. The van der Waals surface area contributed by atoms with Gasteiger partial charge in [-0.2, -0.15) is 0 Å². The zero-order valence-corrected chi connectivity index (χ0v) is 16.3. The first-order valence-corrected chi connectivity index (χ1v) is 9.05. The van der Waals surface area contributed by atoms with Crippen molar-refractivity contribution in [2.75, 3.05) is 13.7 Å². The molecule has 0 heterocycles. The van der Waals surface area contributed by atoms with Crippen LogP contribution in [0.2, 0.25) is 0 Å². The lowest BCUT2D eigenvalue weighted by atomic mass is 9.78. The van der Waals surface area contributed by atoms with E-state index in [9.17, 15) is 9.90 Å². The molecule has 1 aromatic rings. The highest BCUT2D eigenvalue weighted by atomic mass is 127. The lowest BCUT2D eigenvalue weighted by molar-refractivity contribution is -0.147. The molecule has 1 N–H and O–H groups in total. The quantitative estimate of drug-likeness (QED) is 0.145. The summed E-state index contributed by atoms with van der Waals surface area (Å²) in [6.45, 7) is 2.03. The fourth-order valence-electron chi connectivity index (χ4n) is 2.68. The summed E-state index contributed by atoms with van der Waals surface area (Å²) in [6, 6.07) is 7.92. The van der Waals surface area contributed by atoms with Crippen molar-refractivity contribution in [3.05, 3.63) is 43.8 Å². The van der Waals surface area contributed by atoms with Gasteiger partial charge in [0.05, 0.1) is 25.2 Å². The van der Waals surface area contributed by atoms with Gasteiger partial charge in [-0.05, 0) is 65.6 Å². The second-order valence-electron chi connectivity index (χ2n) is 6.00. The number of rotatable bonds is 10. The van der Waals surface area contributed by atoms with E-state index in [-0.39, 0.29) is 12.5 Å². The van der Waals surface area contributed by atoms with Crippen LogP contribution in [0, 0.1) is 3.57 Å². The first-order chi connectivity index (χ1) is 11.4. The molecule has 0 amide bonds. The third kappa shape index (κ3) is 6.30. The van der Waals surface area contributed by atoms with Gasteiger partial charge in [0.25, 0.3) is 0 Å². The van der Waals surface area contributed by atoms with Gasteiger partial charge in [0.2, 0.25) is 0 Å². The van der Waals surface area contributed by atoms with Crippen LogP contribution in [0.3, 0.4) is 0 Å². The smallest absolute Gasteiger partial charge is 0.315 e. The highest BCUT2D eigenvalue weighted by Gasteiger charge is 2.35. The van der Waals surface area contributed by atoms with Gasteiger partial charge >= 0.3 is 5.97 Å². The minimum atomic E-state index is -0.667. The molecule has 0 aromatic heterocycles. The number of aliphatic hydroxyl groups excluding tert-OH is 1. The number of aliphatic hydroxyl groups is 1.